The molecular formula is C75H60IrN7. The minimum absolute atomic E-state index is 0. The second-order valence-corrected chi connectivity index (χ2v) is 23.9. The van der Waals surface area contributed by atoms with Gasteiger partial charge in [0.1, 0.15) is 11.6 Å². The van der Waals surface area contributed by atoms with Gasteiger partial charge in [-0.1, -0.05) is 204 Å². The molecule has 0 aliphatic heterocycles. The first-order valence-corrected chi connectivity index (χ1v) is 28.5. The molecule has 83 heavy (non-hydrogen) atoms. The molecular weight excluding hydrogens is 1190 g/mol. The van der Waals surface area contributed by atoms with Crippen molar-refractivity contribution < 1.29 is 20.1 Å². The van der Waals surface area contributed by atoms with Crippen LogP contribution in [-0.4, -0.2) is 33.7 Å². The number of nitrogens with zero attached hydrogens (tertiary/aromatic N) is 7. The molecule has 404 valence electrons. The number of benzene rings is 9. The van der Waals surface area contributed by atoms with Gasteiger partial charge in [0.25, 0.3) is 0 Å². The molecule has 0 N–H and O–H groups in total. The van der Waals surface area contributed by atoms with Crippen molar-refractivity contribution in [1.82, 2.24) is 33.7 Å². The molecule has 14 rings (SSSR count). The topological polar surface area (TPSA) is 73.3 Å². The maximum Gasteiger partial charge on any atom is 3.00 e. The standard InChI is InChI=1S/C75H60N7.Ir/c1-74(2,3)72-79-66-45-48(28-38-61(66)70-77-63-20-12-14-22-68(63)81(70)72)24-26-50-42-51(27-25-49-29-39-62-67(46-49)80-73(75(4,5)6)82-69-23-15-13-21-64(69)78-71(62)82)44-58(43-50)60-19-11-10-18-59(60)55-34-36-56(37-35-55)65-47-57(40-41-76-65)54-32-30-53(31-33-54)52-16-8-7-9-17-52;/h7-23,28-36,40-47H,24-27H2,1-6H3;/q-3;+3. The second kappa shape index (κ2) is 21.4. The van der Waals surface area contributed by atoms with E-state index in [-0.39, 0.29) is 30.9 Å². The Labute approximate surface area is 498 Å². The summed E-state index contributed by atoms with van der Waals surface area (Å²) in [5.41, 5.74) is 23.3. The summed E-state index contributed by atoms with van der Waals surface area (Å²) in [6.07, 6.45) is 5.23. The van der Waals surface area contributed by atoms with Crippen LogP contribution in [-0.2, 0) is 56.6 Å². The van der Waals surface area contributed by atoms with E-state index in [1.165, 1.54) is 44.5 Å². The fraction of sp³-hybridized carbons (Fsp3) is 0.160. The Morgan fingerprint density at radius 2 is 0.843 bits per heavy atom. The predicted molar refractivity (Wildman–Crippen MR) is 336 cm³/mol. The SMILES string of the molecule is CC(C)(C)c1nc2cc(CCc3cc(CCc4c[c-]c5c(c4)nc(C(C)(C)C)n4c6ccccc6nc54)cc(-c4ccccc4-c4c[c-]c(-c5cc(-c6ccc(-c7ccccc7)cc6)ccn5)cc4)c3)c[c-]c2c2nc3ccccc3n12.[Ir+3]. The van der Waals surface area contributed by atoms with Crippen LogP contribution in [0.2, 0.25) is 0 Å². The van der Waals surface area contributed by atoms with E-state index < -0.39 is 0 Å². The second-order valence-electron chi connectivity index (χ2n) is 23.9. The summed E-state index contributed by atoms with van der Waals surface area (Å²) in [4.78, 5) is 25.8. The van der Waals surface area contributed by atoms with E-state index in [0.29, 0.717) is 0 Å². The van der Waals surface area contributed by atoms with Crippen molar-refractivity contribution in [2.75, 3.05) is 0 Å². The largest absolute Gasteiger partial charge is 3.00 e. The molecule has 0 spiro atoms. The fourth-order valence-corrected chi connectivity index (χ4v) is 11.8. The maximum atomic E-state index is 5.36. The normalized spacial score (nSPS) is 12.1. The van der Waals surface area contributed by atoms with E-state index >= 15 is 0 Å². The average Bonchev–Trinajstić information content (AvgIpc) is 3.58. The summed E-state index contributed by atoms with van der Waals surface area (Å²) in [5, 5.41) is 1.87. The number of hydrogen-bond donors (Lipinski definition) is 0. The molecule has 8 heteroatoms. The number of fused-ring (bicyclic) bond motifs is 10. The van der Waals surface area contributed by atoms with E-state index in [1.807, 2.05) is 18.3 Å². The van der Waals surface area contributed by atoms with Gasteiger partial charge in [0.15, 0.2) is 0 Å². The fourth-order valence-electron chi connectivity index (χ4n) is 11.8. The number of rotatable bonds is 11. The van der Waals surface area contributed by atoms with Gasteiger partial charge in [0.2, 0.25) is 0 Å². The first-order chi connectivity index (χ1) is 39.9. The van der Waals surface area contributed by atoms with Gasteiger partial charge >= 0.3 is 20.1 Å². The first-order valence-electron chi connectivity index (χ1n) is 28.5. The summed E-state index contributed by atoms with van der Waals surface area (Å²) < 4.78 is 4.45. The Bertz CT molecular complexity index is 4560. The average molecular weight is 1250 g/mol. The van der Waals surface area contributed by atoms with Crippen LogP contribution < -0.4 is 0 Å². The number of imidazole rings is 2. The summed E-state index contributed by atoms with van der Waals surface area (Å²) >= 11 is 0. The Balaban J connectivity index is 0.00000645. The summed E-state index contributed by atoms with van der Waals surface area (Å²) in [6.45, 7) is 13.3. The maximum absolute atomic E-state index is 5.36. The summed E-state index contributed by atoms with van der Waals surface area (Å²) in [5.74, 6) is 1.98. The minimum Gasteiger partial charge on any atom is -0.321 e. The molecule has 0 aliphatic rings. The molecule has 0 fully saturated rings. The molecule has 0 atom stereocenters. The van der Waals surface area contributed by atoms with Gasteiger partial charge in [0, 0.05) is 17.0 Å². The van der Waals surface area contributed by atoms with Gasteiger partial charge in [0.05, 0.1) is 33.4 Å². The van der Waals surface area contributed by atoms with Gasteiger partial charge in [-0.25, -0.2) is 0 Å². The number of pyridine rings is 1. The molecule has 0 saturated heterocycles. The third kappa shape index (κ3) is 10.2. The third-order valence-electron chi connectivity index (χ3n) is 15.9. The Morgan fingerprint density at radius 3 is 1.37 bits per heavy atom. The zero-order valence-corrected chi connectivity index (χ0v) is 49.8. The molecule has 0 bridgehead atoms. The van der Waals surface area contributed by atoms with Crippen LogP contribution in [0.15, 0.2) is 206 Å². The molecule has 5 aromatic heterocycles. The van der Waals surface area contributed by atoms with Crippen molar-refractivity contribution in [3.63, 3.8) is 0 Å². The van der Waals surface area contributed by atoms with E-state index in [9.17, 15) is 0 Å². The van der Waals surface area contributed by atoms with Crippen LogP contribution in [0.25, 0.3) is 111 Å². The van der Waals surface area contributed by atoms with Crippen molar-refractivity contribution in [2.45, 2.75) is 78.1 Å². The zero-order chi connectivity index (χ0) is 55.7. The number of aromatic nitrogens is 7. The van der Waals surface area contributed by atoms with Crippen molar-refractivity contribution in [1.29, 1.82) is 0 Å². The number of hydrogen-bond acceptors (Lipinski definition) is 5. The zero-order valence-electron chi connectivity index (χ0n) is 47.4. The first kappa shape index (κ1) is 53.4. The summed E-state index contributed by atoms with van der Waals surface area (Å²) in [6, 6.07) is 82.3. The van der Waals surface area contributed by atoms with Gasteiger partial charge in [-0.05, 0) is 104 Å². The Kier molecular flexibility index (Phi) is 13.8. The monoisotopic (exact) mass is 1250 g/mol. The molecule has 0 aliphatic carbocycles. The molecule has 0 unspecified atom stereocenters. The van der Waals surface area contributed by atoms with Crippen molar-refractivity contribution in [3.05, 3.63) is 258 Å². The Morgan fingerprint density at radius 1 is 0.373 bits per heavy atom. The van der Waals surface area contributed by atoms with Crippen LogP contribution in [0.5, 0.6) is 0 Å². The quantitative estimate of drug-likeness (QED) is 0.121. The smallest absolute Gasteiger partial charge is 0.321 e. The molecule has 0 saturated carbocycles. The van der Waals surface area contributed by atoms with Gasteiger partial charge in [-0.2, -0.15) is 0 Å². The van der Waals surface area contributed by atoms with Gasteiger partial charge < -0.3 is 13.8 Å². The van der Waals surface area contributed by atoms with Crippen molar-refractivity contribution in [2.24, 2.45) is 0 Å². The molecule has 9 aromatic carbocycles. The molecule has 14 aromatic rings. The van der Waals surface area contributed by atoms with Crippen LogP contribution >= 0.6 is 0 Å². The molecule has 0 radical (unpaired) electrons. The number of aryl methyl sites for hydroxylation is 4. The molecule has 7 nitrogen and oxygen atoms in total. The van der Waals surface area contributed by atoms with E-state index in [1.54, 1.807) is 0 Å². The molecule has 0 amide bonds. The third-order valence-corrected chi connectivity index (χ3v) is 15.9. The minimum atomic E-state index is -0.211. The van der Waals surface area contributed by atoms with Crippen LogP contribution in [0.3, 0.4) is 0 Å². The van der Waals surface area contributed by atoms with Crippen molar-refractivity contribution >= 4 is 55.2 Å². The van der Waals surface area contributed by atoms with Crippen LogP contribution in [0, 0.1) is 18.2 Å². The molecule has 5 heterocycles. The van der Waals surface area contributed by atoms with E-state index in [0.717, 1.165) is 126 Å². The van der Waals surface area contributed by atoms with Gasteiger partial charge in [-0.3, -0.25) is 19.9 Å². The summed E-state index contributed by atoms with van der Waals surface area (Å²) in [7, 11) is 0. The number of para-hydroxylation sites is 4. The van der Waals surface area contributed by atoms with E-state index in [4.69, 9.17) is 24.9 Å². The van der Waals surface area contributed by atoms with Crippen LogP contribution in [0.1, 0.15) is 75.4 Å². The predicted octanol–water partition coefficient (Wildman–Crippen LogP) is 17.7. The van der Waals surface area contributed by atoms with Crippen molar-refractivity contribution in [3.8, 4) is 55.8 Å². The van der Waals surface area contributed by atoms with Gasteiger partial charge in [-0.15, -0.1) is 77.4 Å². The van der Waals surface area contributed by atoms with Crippen LogP contribution in [0.4, 0.5) is 0 Å². The Hall–Kier alpha value is -8.94. The van der Waals surface area contributed by atoms with E-state index in [2.05, 4.69) is 257 Å².